The number of hydrogen-bond donors (Lipinski definition) is 1. The van der Waals surface area contributed by atoms with Crippen LogP contribution >= 0.6 is 11.3 Å². The zero-order valence-electron chi connectivity index (χ0n) is 13.2. The number of nitrogens with zero attached hydrogens (tertiary/aromatic N) is 2. The summed E-state index contributed by atoms with van der Waals surface area (Å²) in [7, 11) is 1.64. The van der Waals surface area contributed by atoms with Gasteiger partial charge in [0.25, 0.3) is 0 Å². The number of para-hydroxylation sites is 1. The van der Waals surface area contributed by atoms with Crippen molar-refractivity contribution < 1.29 is 14.6 Å². The topological polar surface area (TPSA) is 64.5 Å². The van der Waals surface area contributed by atoms with Crippen LogP contribution in [-0.2, 0) is 4.74 Å². The molecule has 2 aromatic heterocycles. The largest absolute Gasteiger partial charge is 0.490 e. The number of rotatable bonds is 5. The monoisotopic (exact) mass is 340 g/mol. The maximum absolute atomic E-state index is 8.88. The first-order chi connectivity index (χ1) is 11.8. The van der Waals surface area contributed by atoms with Crippen LogP contribution in [0.1, 0.15) is 5.69 Å². The third-order valence-electron chi connectivity index (χ3n) is 3.36. The molecule has 2 heterocycles. The SMILES string of the molecule is COCCOc1ccccc1-c1nnc(C#CCO)c2ccsc12. The van der Waals surface area contributed by atoms with Crippen molar-refractivity contribution in [1.29, 1.82) is 0 Å². The minimum absolute atomic E-state index is 0.203. The maximum atomic E-state index is 8.88. The maximum Gasteiger partial charge on any atom is 0.144 e. The van der Waals surface area contributed by atoms with Crippen LogP contribution in [0.4, 0.5) is 0 Å². The molecule has 0 saturated carbocycles. The van der Waals surface area contributed by atoms with E-state index in [1.165, 1.54) is 0 Å². The number of aromatic nitrogens is 2. The summed E-state index contributed by atoms with van der Waals surface area (Å²) in [6, 6.07) is 9.70. The lowest BCUT2D eigenvalue weighted by Crippen LogP contribution is -2.05. The highest BCUT2D eigenvalue weighted by Gasteiger charge is 2.15. The molecular weight excluding hydrogens is 324 g/mol. The Hall–Kier alpha value is -2.46. The van der Waals surface area contributed by atoms with Crippen molar-refractivity contribution in [3.63, 3.8) is 0 Å². The molecule has 6 heteroatoms. The Morgan fingerprint density at radius 3 is 2.88 bits per heavy atom. The summed E-state index contributed by atoms with van der Waals surface area (Å²) in [5.41, 5.74) is 2.22. The Balaban J connectivity index is 2.06. The van der Waals surface area contributed by atoms with Crippen molar-refractivity contribution >= 4 is 21.4 Å². The number of thiophene rings is 1. The van der Waals surface area contributed by atoms with Gasteiger partial charge >= 0.3 is 0 Å². The molecule has 0 aliphatic rings. The Labute approximate surface area is 143 Å². The van der Waals surface area contributed by atoms with Crippen LogP contribution in [0.5, 0.6) is 5.75 Å². The van der Waals surface area contributed by atoms with E-state index in [2.05, 4.69) is 22.0 Å². The van der Waals surface area contributed by atoms with E-state index in [1.54, 1.807) is 18.4 Å². The average Bonchev–Trinajstić information content (AvgIpc) is 3.10. The lowest BCUT2D eigenvalue weighted by atomic mass is 10.1. The summed E-state index contributed by atoms with van der Waals surface area (Å²) in [4.78, 5) is 0. The van der Waals surface area contributed by atoms with Crippen LogP contribution in [-0.4, -0.2) is 42.2 Å². The van der Waals surface area contributed by atoms with Crippen LogP contribution in [0.2, 0.25) is 0 Å². The smallest absolute Gasteiger partial charge is 0.144 e. The lowest BCUT2D eigenvalue weighted by Gasteiger charge is -2.11. The number of fused-ring (bicyclic) bond motifs is 1. The van der Waals surface area contributed by atoms with Gasteiger partial charge in [0.15, 0.2) is 0 Å². The van der Waals surface area contributed by atoms with Gasteiger partial charge in [0, 0.05) is 18.1 Å². The fraction of sp³-hybridized carbons (Fsp3) is 0.222. The third kappa shape index (κ3) is 3.39. The number of hydrogen-bond acceptors (Lipinski definition) is 6. The third-order valence-corrected chi connectivity index (χ3v) is 4.28. The Morgan fingerprint density at radius 2 is 2.04 bits per heavy atom. The molecule has 24 heavy (non-hydrogen) atoms. The fourth-order valence-electron chi connectivity index (χ4n) is 2.29. The van der Waals surface area contributed by atoms with Gasteiger partial charge in [0.2, 0.25) is 0 Å². The van der Waals surface area contributed by atoms with Crippen molar-refractivity contribution in [1.82, 2.24) is 10.2 Å². The molecule has 5 nitrogen and oxygen atoms in total. The number of methoxy groups -OCH3 is 1. The molecule has 0 saturated heterocycles. The van der Waals surface area contributed by atoms with Crippen molar-refractivity contribution in [2.45, 2.75) is 0 Å². The van der Waals surface area contributed by atoms with E-state index in [0.29, 0.717) is 18.9 Å². The molecule has 0 amide bonds. The van der Waals surface area contributed by atoms with Crippen LogP contribution in [0.3, 0.4) is 0 Å². The molecule has 0 radical (unpaired) electrons. The van der Waals surface area contributed by atoms with Gasteiger partial charge < -0.3 is 14.6 Å². The van der Waals surface area contributed by atoms with E-state index in [1.807, 2.05) is 35.7 Å². The summed E-state index contributed by atoms with van der Waals surface area (Å²) in [5, 5.41) is 20.4. The zero-order chi connectivity index (χ0) is 16.8. The van der Waals surface area contributed by atoms with Crippen LogP contribution in [0.15, 0.2) is 35.7 Å². The summed E-state index contributed by atoms with van der Waals surface area (Å²) >= 11 is 1.58. The van der Waals surface area contributed by atoms with Gasteiger partial charge in [-0.15, -0.1) is 21.5 Å². The van der Waals surface area contributed by atoms with Gasteiger partial charge in [0.05, 0.1) is 11.3 Å². The van der Waals surface area contributed by atoms with Gasteiger partial charge in [-0.1, -0.05) is 18.1 Å². The van der Waals surface area contributed by atoms with E-state index in [9.17, 15) is 0 Å². The molecule has 0 fully saturated rings. The number of ether oxygens (including phenoxy) is 2. The van der Waals surface area contributed by atoms with Gasteiger partial charge in [-0.3, -0.25) is 0 Å². The number of benzene rings is 1. The first kappa shape index (κ1) is 16.4. The summed E-state index contributed by atoms with van der Waals surface area (Å²) in [5.74, 6) is 6.21. The quantitative estimate of drug-likeness (QED) is 0.571. The highest BCUT2D eigenvalue weighted by molar-refractivity contribution is 7.17. The normalized spacial score (nSPS) is 10.4. The standard InChI is InChI=1S/C18H16N2O3S/c1-22-10-11-23-16-7-3-2-5-14(16)17-18-13(8-12-24-18)15(19-20-17)6-4-9-21/h2-3,5,7-8,12,21H,9-11H2,1H3. The molecule has 3 aromatic rings. The summed E-state index contributed by atoms with van der Waals surface area (Å²) in [6.45, 7) is 0.782. The van der Waals surface area contributed by atoms with Gasteiger partial charge in [-0.25, -0.2) is 0 Å². The van der Waals surface area contributed by atoms with E-state index in [0.717, 1.165) is 27.1 Å². The molecule has 0 aliphatic heterocycles. The molecule has 0 aliphatic carbocycles. The second-order valence-electron chi connectivity index (χ2n) is 4.86. The lowest BCUT2D eigenvalue weighted by molar-refractivity contribution is 0.146. The highest BCUT2D eigenvalue weighted by atomic mass is 32.1. The second-order valence-corrected chi connectivity index (χ2v) is 5.77. The molecule has 3 rings (SSSR count). The first-order valence-electron chi connectivity index (χ1n) is 7.40. The van der Waals surface area contributed by atoms with E-state index < -0.39 is 0 Å². The van der Waals surface area contributed by atoms with Crippen LogP contribution in [0.25, 0.3) is 21.3 Å². The van der Waals surface area contributed by atoms with Gasteiger partial charge in [-0.2, -0.15) is 0 Å². The Bertz CT molecular complexity index is 896. The molecule has 1 aromatic carbocycles. The number of aliphatic hydroxyl groups excluding tert-OH is 1. The predicted octanol–water partition coefficient (Wildman–Crippen LogP) is 2.73. The summed E-state index contributed by atoms with van der Waals surface area (Å²) in [6.07, 6.45) is 0. The van der Waals surface area contributed by atoms with Crippen molar-refractivity contribution in [2.75, 3.05) is 26.9 Å². The summed E-state index contributed by atoms with van der Waals surface area (Å²) < 4.78 is 11.8. The Morgan fingerprint density at radius 1 is 1.17 bits per heavy atom. The molecule has 1 N–H and O–H groups in total. The molecule has 0 spiro atoms. The van der Waals surface area contributed by atoms with Crippen LogP contribution in [0, 0.1) is 11.8 Å². The zero-order valence-corrected chi connectivity index (χ0v) is 14.0. The minimum Gasteiger partial charge on any atom is -0.490 e. The number of aliphatic hydroxyl groups is 1. The van der Waals surface area contributed by atoms with Crippen LogP contribution < -0.4 is 4.74 Å². The van der Waals surface area contributed by atoms with Crippen molar-refractivity contribution in [2.24, 2.45) is 0 Å². The Kier molecular flexibility index (Phi) is 5.39. The average molecular weight is 340 g/mol. The van der Waals surface area contributed by atoms with Crippen molar-refractivity contribution in [3.8, 4) is 28.8 Å². The van der Waals surface area contributed by atoms with Crippen molar-refractivity contribution in [3.05, 3.63) is 41.4 Å². The van der Waals surface area contributed by atoms with E-state index >= 15 is 0 Å². The molecule has 0 atom stereocenters. The minimum atomic E-state index is -0.203. The molecule has 122 valence electrons. The first-order valence-corrected chi connectivity index (χ1v) is 8.28. The molecule has 0 bridgehead atoms. The molecular formula is C18H16N2O3S. The van der Waals surface area contributed by atoms with E-state index in [-0.39, 0.29) is 6.61 Å². The van der Waals surface area contributed by atoms with Gasteiger partial charge in [-0.05, 0) is 29.5 Å². The van der Waals surface area contributed by atoms with E-state index in [4.69, 9.17) is 14.6 Å². The second kappa shape index (κ2) is 7.88. The fourth-order valence-corrected chi connectivity index (χ4v) is 3.19. The van der Waals surface area contributed by atoms with Gasteiger partial charge in [0.1, 0.15) is 30.4 Å². The predicted molar refractivity (Wildman–Crippen MR) is 94.2 cm³/mol. The highest BCUT2D eigenvalue weighted by Crippen LogP contribution is 2.36. The molecule has 0 unspecified atom stereocenters.